The molecular weight excluding hydrogens is 450 g/mol. The number of Topliss-reactive ketones (excluding diaryl/α,β-unsaturated/α-hetero) is 1. The van der Waals surface area contributed by atoms with Crippen LogP contribution in [-0.4, -0.2) is 65.6 Å². The Morgan fingerprint density at radius 2 is 1.79 bits per heavy atom. The van der Waals surface area contributed by atoms with Gasteiger partial charge in [0.25, 0.3) is 0 Å². The molecule has 0 aromatic heterocycles. The molecule has 34 heavy (non-hydrogen) atoms. The zero-order chi connectivity index (χ0) is 24.5. The molecule has 182 valence electrons. The summed E-state index contributed by atoms with van der Waals surface area (Å²) in [5.41, 5.74) is 3.36. The van der Waals surface area contributed by atoms with E-state index in [1.807, 2.05) is 31.5 Å². The number of hydrogen-bond donors (Lipinski definition) is 1. The van der Waals surface area contributed by atoms with Gasteiger partial charge in [0.05, 0.1) is 35.4 Å². The van der Waals surface area contributed by atoms with Crippen molar-refractivity contribution < 1.29 is 13.2 Å². The zero-order valence-electron chi connectivity index (χ0n) is 20.3. The number of ketones is 1. The number of carbonyl (C=O) groups excluding carboxylic acids is 1. The minimum atomic E-state index is -3.24. The van der Waals surface area contributed by atoms with Crippen LogP contribution in [0.4, 0.5) is 0 Å². The summed E-state index contributed by atoms with van der Waals surface area (Å²) in [5.74, 6) is 0.290. The summed E-state index contributed by atoms with van der Waals surface area (Å²) >= 11 is 0. The Labute approximate surface area is 201 Å². The number of rotatable bonds is 7. The smallest absolute Gasteiger partial charge is 0.175 e. The van der Waals surface area contributed by atoms with E-state index in [0.29, 0.717) is 19.1 Å². The zero-order valence-corrected chi connectivity index (χ0v) is 21.1. The van der Waals surface area contributed by atoms with Crippen LogP contribution in [0.5, 0.6) is 0 Å². The molecule has 1 saturated heterocycles. The van der Waals surface area contributed by atoms with Crippen LogP contribution in [0.15, 0.2) is 47.9 Å². The third-order valence-electron chi connectivity index (χ3n) is 6.47. The number of piperidine rings is 1. The summed E-state index contributed by atoms with van der Waals surface area (Å²) in [6, 6.07) is 7.16. The molecule has 3 heterocycles. The van der Waals surface area contributed by atoms with Crippen molar-refractivity contribution in [2.24, 2.45) is 5.41 Å². The molecule has 0 radical (unpaired) electrons. The summed E-state index contributed by atoms with van der Waals surface area (Å²) < 4.78 is 25.4. The van der Waals surface area contributed by atoms with Gasteiger partial charge in [-0.05, 0) is 37.1 Å². The van der Waals surface area contributed by atoms with E-state index in [-0.39, 0.29) is 16.1 Å². The average Bonchev–Trinajstić information content (AvgIpc) is 3.27. The second-order valence-electron chi connectivity index (χ2n) is 10.1. The number of nitrogens with one attached hydrogen (secondary N) is 1. The van der Waals surface area contributed by atoms with Crippen LogP contribution in [-0.2, 0) is 21.2 Å². The second kappa shape index (κ2) is 9.56. The van der Waals surface area contributed by atoms with Gasteiger partial charge in [0, 0.05) is 54.8 Å². The van der Waals surface area contributed by atoms with Crippen LogP contribution >= 0.6 is 0 Å². The van der Waals surface area contributed by atoms with Gasteiger partial charge in [0.15, 0.2) is 15.6 Å². The molecule has 3 aliphatic heterocycles. The lowest BCUT2D eigenvalue weighted by Crippen LogP contribution is -2.45. The average molecular weight is 484 g/mol. The molecule has 1 fully saturated rings. The van der Waals surface area contributed by atoms with Gasteiger partial charge in [0.1, 0.15) is 0 Å². The third-order valence-corrected chi connectivity index (χ3v) is 7.60. The molecule has 0 spiro atoms. The molecule has 0 bridgehead atoms. The Hall–Kier alpha value is -2.62. The minimum absolute atomic E-state index is 0.288. The van der Waals surface area contributed by atoms with Gasteiger partial charge < -0.3 is 5.32 Å². The Bertz CT molecular complexity index is 1220. The lowest BCUT2D eigenvalue weighted by atomic mass is 9.90. The Morgan fingerprint density at radius 3 is 2.41 bits per heavy atom. The van der Waals surface area contributed by atoms with Crippen molar-refractivity contribution in [3.05, 3.63) is 48.7 Å². The van der Waals surface area contributed by atoms with Crippen molar-refractivity contribution in [3.63, 3.8) is 0 Å². The first-order valence-electron chi connectivity index (χ1n) is 11.6. The SMILES string of the molecule is CC(C)(C)C(=O)CN1CCC(NCc2ncn(-c3ccc(S(C)(=O)=O)cc3)c3cncc2-3)CC1. The van der Waals surface area contributed by atoms with Crippen molar-refractivity contribution in [1.29, 1.82) is 0 Å². The van der Waals surface area contributed by atoms with E-state index in [9.17, 15) is 13.2 Å². The van der Waals surface area contributed by atoms with E-state index in [2.05, 4.69) is 20.2 Å². The molecule has 0 amide bonds. The number of hydrogen-bond acceptors (Lipinski definition) is 7. The molecule has 8 nitrogen and oxygen atoms in total. The van der Waals surface area contributed by atoms with Crippen LogP contribution in [0, 0.1) is 5.41 Å². The predicted octanol–water partition coefficient (Wildman–Crippen LogP) is 2.94. The number of carbonyl (C=O) groups is 1. The Balaban J connectivity index is 1.39. The maximum Gasteiger partial charge on any atom is 0.175 e. The maximum atomic E-state index is 12.3. The van der Waals surface area contributed by atoms with E-state index in [0.717, 1.165) is 48.6 Å². The molecule has 1 aromatic rings. The van der Waals surface area contributed by atoms with Gasteiger partial charge in [-0.2, -0.15) is 0 Å². The molecular formula is C25H33N5O3S. The largest absolute Gasteiger partial charge is 0.308 e. The molecule has 9 heteroatoms. The number of likely N-dealkylation sites (tertiary alicyclic amines) is 1. The number of benzene rings is 1. The summed E-state index contributed by atoms with van der Waals surface area (Å²) in [6.45, 7) is 8.93. The fourth-order valence-electron chi connectivity index (χ4n) is 4.17. The first-order valence-corrected chi connectivity index (χ1v) is 13.5. The lowest BCUT2D eigenvalue weighted by molar-refractivity contribution is -0.127. The van der Waals surface area contributed by atoms with Crippen molar-refractivity contribution >= 4 is 15.6 Å². The predicted molar refractivity (Wildman–Crippen MR) is 132 cm³/mol. The number of nitrogens with zero attached hydrogens (tertiary/aromatic N) is 4. The molecule has 3 aliphatic rings. The highest BCUT2D eigenvalue weighted by Gasteiger charge is 2.26. The van der Waals surface area contributed by atoms with E-state index in [4.69, 9.17) is 0 Å². The third kappa shape index (κ3) is 5.54. The molecule has 0 saturated carbocycles. The first kappa shape index (κ1) is 24.5. The Morgan fingerprint density at radius 1 is 1.12 bits per heavy atom. The summed E-state index contributed by atoms with van der Waals surface area (Å²) in [5, 5.41) is 3.63. The standard InChI is InChI=1S/C25H33N5O3S/c1-25(2,3)24(31)16-29-11-9-18(10-12-29)27-14-22-21-13-26-15-23(21)30(17-28-22)19-5-7-20(8-6-19)34(4,32)33/h5-8,13,15,17-18,27H,9-12,14,16H2,1-4H3. The van der Waals surface area contributed by atoms with Crippen LogP contribution in [0.1, 0.15) is 39.3 Å². The van der Waals surface area contributed by atoms with Crippen molar-refractivity contribution in [2.75, 3.05) is 25.9 Å². The van der Waals surface area contributed by atoms with Crippen molar-refractivity contribution in [3.8, 4) is 16.9 Å². The highest BCUT2D eigenvalue weighted by atomic mass is 32.2. The molecule has 1 N–H and O–H groups in total. The number of fused-ring (bicyclic) bond motifs is 1. The number of sulfone groups is 1. The summed E-state index contributed by atoms with van der Waals surface area (Å²) in [6.07, 6.45) is 8.58. The highest BCUT2D eigenvalue weighted by Crippen LogP contribution is 2.27. The van der Waals surface area contributed by atoms with Crippen LogP contribution in [0.25, 0.3) is 16.9 Å². The van der Waals surface area contributed by atoms with Crippen LogP contribution < -0.4 is 5.32 Å². The molecule has 0 unspecified atom stereocenters. The Kier molecular flexibility index (Phi) is 6.89. The van der Waals surface area contributed by atoms with Gasteiger partial charge in [-0.3, -0.25) is 19.2 Å². The lowest BCUT2D eigenvalue weighted by Gasteiger charge is -2.33. The summed E-state index contributed by atoms with van der Waals surface area (Å²) in [4.78, 5) is 23.9. The molecule has 0 atom stereocenters. The fourth-order valence-corrected chi connectivity index (χ4v) is 4.80. The van der Waals surface area contributed by atoms with Crippen LogP contribution in [0.3, 0.4) is 0 Å². The van der Waals surface area contributed by atoms with E-state index in [1.54, 1.807) is 36.8 Å². The van der Waals surface area contributed by atoms with Gasteiger partial charge in [-0.25, -0.2) is 13.4 Å². The second-order valence-corrected chi connectivity index (χ2v) is 12.2. The van der Waals surface area contributed by atoms with Crippen molar-refractivity contribution in [1.82, 2.24) is 24.8 Å². The van der Waals surface area contributed by atoms with Crippen LogP contribution in [0.2, 0.25) is 0 Å². The van der Waals surface area contributed by atoms with Gasteiger partial charge in [0.2, 0.25) is 0 Å². The normalized spacial score (nSPS) is 16.2. The topological polar surface area (TPSA) is 97.2 Å². The maximum absolute atomic E-state index is 12.3. The molecule has 1 aromatic carbocycles. The highest BCUT2D eigenvalue weighted by molar-refractivity contribution is 7.90. The minimum Gasteiger partial charge on any atom is -0.308 e. The fraction of sp³-hybridized carbons (Fsp3) is 0.480. The van der Waals surface area contributed by atoms with Crippen molar-refractivity contribution in [2.45, 2.75) is 51.1 Å². The van der Waals surface area contributed by atoms with Gasteiger partial charge in [-0.15, -0.1) is 0 Å². The monoisotopic (exact) mass is 483 g/mol. The van der Waals surface area contributed by atoms with Gasteiger partial charge >= 0.3 is 0 Å². The summed E-state index contributed by atoms with van der Waals surface area (Å²) in [7, 11) is -3.24. The van der Waals surface area contributed by atoms with E-state index < -0.39 is 9.84 Å². The molecule has 4 rings (SSSR count). The first-order chi connectivity index (χ1) is 16.0. The molecule has 0 aliphatic carbocycles. The quantitative estimate of drug-likeness (QED) is 0.552. The van der Waals surface area contributed by atoms with E-state index >= 15 is 0 Å². The van der Waals surface area contributed by atoms with E-state index in [1.165, 1.54) is 6.26 Å². The van der Waals surface area contributed by atoms with Gasteiger partial charge in [-0.1, -0.05) is 20.8 Å². The number of aromatic nitrogens is 3.